The van der Waals surface area contributed by atoms with Gasteiger partial charge in [-0.1, -0.05) is 17.7 Å². The third kappa shape index (κ3) is 2.88. The van der Waals surface area contributed by atoms with Gasteiger partial charge in [-0.05, 0) is 31.5 Å². The largest absolute Gasteiger partial charge is 0.439 e. The highest BCUT2D eigenvalue weighted by Crippen LogP contribution is 2.27. The van der Waals surface area contributed by atoms with Crippen molar-refractivity contribution in [3.63, 3.8) is 0 Å². The average Bonchev–Trinajstić information content (AvgIpc) is 2.33. The number of halogens is 1. The molecule has 2 rings (SSSR count). The molecule has 0 unspecified atom stereocenters. The Morgan fingerprint density at radius 3 is 2.72 bits per heavy atom. The van der Waals surface area contributed by atoms with Gasteiger partial charge in [-0.15, -0.1) is 0 Å². The van der Waals surface area contributed by atoms with Gasteiger partial charge in [0.15, 0.2) is 0 Å². The van der Waals surface area contributed by atoms with Crippen LogP contribution in [-0.2, 0) is 0 Å². The molecule has 18 heavy (non-hydrogen) atoms. The van der Waals surface area contributed by atoms with Crippen LogP contribution >= 0.6 is 11.6 Å². The molecule has 0 fully saturated rings. The van der Waals surface area contributed by atoms with Gasteiger partial charge in [-0.25, -0.2) is 10.8 Å². The second-order valence-electron chi connectivity index (χ2n) is 3.79. The SMILES string of the molecule is Cc1nc(NN)cc(Oc2cc(Cl)ccc2C)n1. The van der Waals surface area contributed by atoms with Gasteiger partial charge in [0, 0.05) is 11.1 Å². The van der Waals surface area contributed by atoms with Crippen LogP contribution in [-0.4, -0.2) is 9.97 Å². The molecule has 0 spiro atoms. The topological polar surface area (TPSA) is 73.1 Å². The number of benzene rings is 1. The molecule has 1 heterocycles. The van der Waals surface area contributed by atoms with E-state index in [1.807, 2.05) is 19.1 Å². The lowest BCUT2D eigenvalue weighted by Gasteiger charge is -2.09. The summed E-state index contributed by atoms with van der Waals surface area (Å²) in [6.07, 6.45) is 0. The number of hydrazine groups is 1. The van der Waals surface area contributed by atoms with Crippen molar-refractivity contribution in [2.75, 3.05) is 5.43 Å². The zero-order chi connectivity index (χ0) is 13.1. The second-order valence-corrected chi connectivity index (χ2v) is 4.23. The minimum Gasteiger partial charge on any atom is -0.439 e. The van der Waals surface area contributed by atoms with Gasteiger partial charge in [0.25, 0.3) is 0 Å². The molecule has 6 heteroatoms. The molecule has 5 nitrogen and oxygen atoms in total. The van der Waals surface area contributed by atoms with Gasteiger partial charge in [0.2, 0.25) is 5.88 Å². The molecule has 94 valence electrons. The number of nitrogen functional groups attached to an aromatic ring is 1. The zero-order valence-electron chi connectivity index (χ0n) is 10.1. The fraction of sp³-hybridized carbons (Fsp3) is 0.167. The van der Waals surface area contributed by atoms with E-state index < -0.39 is 0 Å². The summed E-state index contributed by atoms with van der Waals surface area (Å²) in [5.41, 5.74) is 3.43. The molecule has 1 aromatic heterocycles. The fourth-order valence-electron chi connectivity index (χ4n) is 1.46. The Balaban J connectivity index is 2.33. The summed E-state index contributed by atoms with van der Waals surface area (Å²) in [6.45, 7) is 3.69. The van der Waals surface area contributed by atoms with Gasteiger partial charge in [0.1, 0.15) is 17.4 Å². The number of nitrogens with one attached hydrogen (secondary N) is 1. The standard InChI is InChI=1S/C12H13ClN4O/c1-7-3-4-9(13)5-10(7)18-12-6-11(17-14)15-8(2)16-12/h3-6H,14H2,1-2H3,(H,15,16,17). The third-order valence-corrected chi connectivity index (χ3v) is 2.56. The Morgan fingerprint density at radius 2 is 2.00 bits per heavy atom. The van der Waals surface area contributed by atoms with E-state index in [1.54, 1.807) is 19.1 Å². The summed E-state index contributed by atoms with van der Waals surface area (Å²) in [6, 6.07) is 7.05. The molecular weight excluding hydrogens is 252 g/mol. The molecule has 0 aliphatic heterocycles. The van der Waals surface area contributed by atoms with Crippen LogP contribution in [0.2, 0.25) is 5.02 Å². The van der Waals surface area contributed by atoms with Crippen LogP contribution in [0.3, 0.4) is 0 Å². The quantitative estimate of drug-likeness (QED) is 0.659. The Labute approximate surface area is 110 Å². The van der Waals surface area contributed by atoms with Crippen LogP contribution in [0.5, 0.6) is 11.6 Å². The molecule has 1 aromatic carbocycles. The third-order valence-electron chi connectivity index (χ3n) is 2.33. The van der Waals surface area contributed by atoms with Crippen molar-refractivity contribution in [2.24, 2.45) is 5.84 Å². The van der Waals surface area contributed by atoms with E-state index in [4.69, 9.17) is 22.2 Å². The Bertz CT molecular complexity index is 574. The second kappa shape index (κ2) is 5.20. The van der Waals surface area contributed by atoms with Crippen molar-refractivity contribution in [3.8, 4) is 11.6 Å². The maximum atomic E-state index is 5.93. The van der Waals surface area contributed by atoms with Gasteiger partial charge in [0.05, 0.1) is 0 Å². The normalized spacial score (nSPS) is 10.2. The highest BCUT2D eigenvalue weighted by atomic mass is 35.5. The van der Waals surface area contributed by atoms with Crippen molar-refractivity contribution in [1.29, 1.82) is 0 Å². The summed E-state index contributed by atoms with van der Waals surface area (Å²) < 4.78 is 5.68. The van der Waals surface area contributed by atoms with E-state index in [1.165, 1.54) is 0 Å². The van der Waals surface area contributed by atoms with Gasteiger partial charge in [-0.3, -0.25) is 0 Å². The zero-order valence-corrected chi connectivity index (χ0v) is 10.8. The number of aromatic nitrogens is 2. The Kier molecular flexibility index (Phi) is 3.64. The van der Waals surface area contributed by atoms with E-state index >= 15 is 0 Å². The first-order valence-electron chi connectivity index (χ1n) is 5.35. The number of aryl methyl sites for hydroxylation is 2. The predicted molar refractivity (Wildman–Crippen MR) is 70.8 cm³/mol. The van der Waals surface area contributed by atoms with E-state index in [-0.39, 0.29) is 0 Å². The van der Waals surface area contributed by atoms with E-state index in [2.05, 4.69) is 15.4 Å². The number of rotatable bonds is 3. The van der Waals surface area contributed by atoms with Crippen molar-refractivity contribution in [3.05, 3.63) is 40.7 Å². The molecule has 3 N–H and O–H groups in total. The van der Waals surface area contributed by atoms with Crippen LogP contribution in [0.15, 0.2) is 24.3 Å². The summed E-state index contributed by atoms with van der Waals surface area (Å²) in [5, 5.41) is 0.610. The predicted octanol–water partition coefficient (Wildman–Crippen LogP) is 2.82. The highest BCUT2D eigenvalue weighted by Gasteiger charge is 2.06. The number of nitrogens with two attached hydrogens (primary N) is 1. The molecular formula is C12H13ClN4O. The Hall–Kier alpha value is -1.85. The molecule has 0 saturated carbocycles. The van der Waals surface area contributed by atoms with E-state index in [0.717, 1.165) is 5.56 Å². The van der Waals surface area contributed by atoms with Crippen LogP contribution in [0.25, 0.3) is 0 Å². The van der Waals surface area contributed by atoms with Crippen molar-refractivity contribution < 1.29 is 4.74 Å². The van der Waals surface area contributed by atoms with E-state index in [9.17, 15) is 0 Å². The van der Waals surface area contributed by atoms with Gasteiger partial charge < -0.3 is 10.2 Å². The number of hydrogen-bond acceptors (Lipinski definition) is 5. The molecule has 0 radical (unpaired) electrons. The lowest BCUT2D eigenvalue weighted by Crippen LogP contribution is -2.09. The smallest absolute Gasteiger partial charge is 0.224 e. The number of hydrogen-bond donors (Lipinski definition) is 2. The first-order valence-corrected chi connectivity index (χ1v) is 5.72. The maximum absolute atomic E-state index is 5.93. The van der Waals surface area contributed by atoms with Crippen molar-refractivity contribution in [2.45, 2.75) is 13.8 Å². The molecule has 0 atom stereocenters. The molecule has 0 saturated heterocycles. The summed E-state index contributed by atoms with van der Waals surface area (Å²) >= 11 is 5.93. The molecule has 2 aromatic rings. The van der Waals surface area contributed by atoms with Crippen molar-refractivity contribution >= 4 is 17.4 Å². The first kappa shape index (κ1) is 12.6. The summed E-state index contributed by atoms with van der Waals surface area (Å²) in [4.78, 5) is 8.26. The van der Waals surface area contributed by atoms with Crippen LogP contribution in [0, 0.1) is 13.8 Å². The number of anilines is 1. The fourth-order valence-corrected chi connectivity index (χ4v) is 1.63. The summed E-state index contributed by atoms with van der Waals surface area (Å²) in [5.74, 6) is 7.46. The Morgan fingerprint density at radius 1 is 1.22 bits per heavy atom. The molecule has 0 bridgehead atoms. The van der Waals surface area contributed by atoms with Crippen LogP contribution in [0.1, 0.15) is 11.4 Å². The van der Waals surface area contributed by atoms with Crippen LogP contribution in [0.4, 0.5) is 5.82 Å². The van der Waals surface area contributed by atoms with Gasteiger partial charge >= 0.3 is 0 Å². The number of nitrogens with zero attached hydrogens (tertiary/aromatic N) is 2. The molecule has 0 amide bonds. The van der Waals surface area contributed by atoms with E-state index in [0.29, 0.717) is 28.3 Å². The molecule has 0 aliphatic rings. The first-order chi connectivity index (χ1) is 8.58. The minimum absolute atomic E-state index is 0.417. The highest BCUT2D eigenvalue weighted by molar-refractivity contribution is 6.30. The lowest BCUT2D eigenvalue weighted by atomic mass is 10.2. The number of ether oxygens (including phenoxy) is 1. The summed E-state index contributed by atoms with van der Waals surface area (Å²) in [7, 11) is 0. The minimum atomic E-state index is 0.417. The van der Waals surface area contributed by atoms with Gasteiger partial charge in [-0.2, -0.15) is 4.98 Å². The molecule has 0 aliphatic carbocycles. The van der Waals surface area contributed by atoms with Crippen molar-refractivity contribution in [1.82, 2.24) is 9.97 Å². The van der Waals surface area contributed by atoms with Crippen LogP contribution < -0.4 is 16.0 Å². The lowest BCUT2D eigenvalue weighted by molar-refractivity contribution is 0.457. The maximum Gasteiger partial charge on any atom is 0.224 e. The average molecular weight is 265 g/mol. The monoisotopic (exact) mass is 264 g/mol.